The zero-order valence-electron chi connectivity index (χ0n) is 17.4. The molecule has 0 unspecified atom stereocenters. The summed E-state index contributed by atoms with van der Waals surface area (Å²) in [6.45, 7) is 2.32. The van der Waals surface area contributed by atoms with Crippen LogP contribution < -0.4 is 10.2 Å². The van der Waals surface area contributed by atoms with Crippen LogP contribution in [0.2, 0.25) is 0 Å². The predicted octanol–water partition coefficient (Wildman–Crippen LogP) is 2.80. The van der Waals surface area contributed by atoms with Crippen molar-refractivity contribution in [1.82, 2.24) is 4.90 Å². The summed E-state index contributed by atoms with van der Waals surface area (Å²) in [5.74, 6) is -0.981. The average molecular weight is 425 g/mol. The van der Waals surface area contributed by atoms with Crippen LogP contribution in [0.5, 0.6) is 0 Å². The number of carbonyl (C=O) groups is 3. The molecule has 31 heavy (non-hydrogen) atoms. The molecule has 0 bridgehead atoms. The van der Waals surface area contributed by atoms with Gasteiger partial charge in [-0.3, -0.25) is 14.4 Å². The van der Waals surface area contributed by atoms with Crippen molar-refractivity contribution in [2.24, 2.45) is 5.92 Å². The molecular weight excluding hydrogens is 398 g/mol. The number of rotatable bonds is 7. The minimum absolute atomic E-state index is 0.0825. The van der Waals surface area contributed by atoms with Crippen molar-refractivity contribution in [3.8, 4) is 0 Å². The van der Waals surface area contributed by atoms with Crippen LogP contribution in [0, 0.1) is 5.92 Å². The largest absolute Gasteiger partial charge is 0.467 e. The fourth-order valence-corrected chi connectivity index (χ4v) is 4.03. The number of hydrogen-bond donors (Lipinski definition) is 1. The molecule has 2 aliphatic rings. The highest BCUT2D eigenvalue weighted by Gasteiger charge is 2.35. The van der Waals surface area contributed by atoms with Gasteiger partial charge in [0, 0.05) is 37.4 Å². The van der Waals surface area contributed by atoms with Crippen LogP contribution in [0.1, 0.15) is 31.4 Å². The number of hydrogen-bond acceptors (Lipinski definition) is 6. The molecule has 1 N–H and O–H groups in total. The first-order valence-electron chi connectivity index (χ1n) is 10.7. The van der Waals surface area contributed by atoms with Gasteiger partial charge in [-0.1, -0.05) is 0 Å². The van der Waals surface area contributed by atoms with Crippen LogP contribution in [-0.4, -0.2) is 48.9 Å². The van der Waals surface area contributed by atoms with Crippen molar-refractivity contribution in [1.29, 1.82) is 0 Å². The molecule has 2 saturated heterocycles. The van der Waals surface area contributed by atoms with Crippen LogP contribution in [0.15, 0.2) is 47.1 Å². The lowest BCUT2D eigenvalue weighted by atomic mass is 10.1. The summed E-state index contributed by atoms with van der Waals surface area (Å²) in [5.41, 5.74) is 1.80. The number of carbonyl (C=O) groups excluding carboxylic acids is 3. The molecule has 1 atom stereocenters. The summed E-state index contributed by atoms with van der Waals surface area (Å²) in [6, 6.07) is 11.2. The molecule has 2 aromatic rings. The summed E-state index contributed by atoms with van der Waals surface area (Å²) in [6.07, 6.45) is 5.31. The van der Waals surface area contributed by atoms with Gasteiger partial charge in [-0.25, -0.2) is 0 Å². The highest BCUT2D eigenvalue weighted by atomic mass is 16.5. The van der Waals surface area contributed by atoms with E-state index in [9.17, 15) is 14.4 Å². The van der Waals surface area contributed by atoms with Gasteiger partial charge >= 0.3 is 5.97 Å². The van der Waals surface area contributed by atoms with E-state index in [-0.39, 0.29) is 25.5 Å². The predicted molar refractivity (Wildman–Crippen MR) is 114 cm³/mol. The van der Waals surface area contributed by atoms with E-state index < -0.39 is 17.8 Å². The van der Waals surface area contributed by atoms with Gasteiger partial charge in [0.2, 0.25) is 5.91 Å². The third kappa shape index (κ3) is 5.45. The molecule has 0 saturated carbocycles. The van der Waals surface area contributed by atoms with Gasteiger partial charge in [0.1, 0.15) is 5.76 Å². The van der Waals surface area contributed by atoms with E-state index in [4.69, 9.17) is 9.15 Å². The standard InChI is InChI=1S/C23H27N3O5/c27-21(24-18-6-8-19(9-7-18)25-10-2-1-3-11-25)16-31-23(29)17-13-22(28)26(14-17)15-20-5-4-12-30-20/h4-9,12,17H,1-3,10-11,13-16H2,(H,24,27)/t17-/m1/s1. The molecule has 2 aliphatic heterocycles. The fraction of sp³-hybridized carbons (Fsp3) is 0.435. The molecule has 8 heteroatoms. The lowest BCUT2D eigenvalue weighted by molar-refractivity contribution is -0.151. The van der Waals surface area contributed by atoms with Gasteiger partial charge in [0.05, 0.1) is 18.7 Å². The number of nitrogens with one attached hydrogen (secondary N) is 1. The molecule has 3 heterocycles. The molecule has 164 valence electrons. The normalized spacial score (nSPS) is 18.8. The smallest absolute Gasteiger partial charge is 0.311 e. The molecule has 2 amide bonds. The zero-order valence-corrected chi connectivity index (χ0v) is 17.4. The lowest BCUT2D eigenvalue weighted by Crippen LogP contribution is -2.29. The quantitative estimate of drug-likeness (QED) is 0.686. The fourth-order valence-electron chi connectivity index (χ4n) is 4.03. The molecular formula is C23H27N3O5. The molecule has 1 aromatic carbocycles. The van der Waals surface area contributed by atoms with E-state index in [2.05, 4.69) is 10.2 Å². The number of esters is 1. The second-order valence-corrected chi connectivity index (χ2v) is 8.01. The zero-order chi connectivity index (χ0) is 21.6. The van der Waals surface area contributed by atoms with E-state index in [1.165, 1.54) is 19.3 Å². The lowest BCUT2D eigenvalue weighted by Gasteiger charge is -2.28. The number of anilines is 2. The van der Waals surface area contributed by atoms with Crippen molar-refractivity contribution >= 4 is 29.2 Å². The first-order chi connectivity index (χ1) is 15.1. The molecule has 4 rings (SSSR count). The molecule has 0 spiro atoms. The number of ether oxygens (including phenoxy) is 1. The van der Waals surface area contributed by atoms with Crippen LogP contribution >= 0.6 is 0 Å². The Balaban J connectivity index is 1.21. The number of amides is 2. The summed E-state index contributed by atoms with van der Waals surface area (Å²) >= 11 is 0. The summed E-state index contributed by atoms with van der Waals surface area (Å²) in [5, 5.41) is 2.74. The van der Waals surface area contributed by atoms with E-state index >= 15 is 0 Å². The SMILES string of the molecule is O=C(COC(=O)[C@@H]1CC(=O)N(Cc2ccco2)C1)Nc1ccc(N2CCCCC2)cc1. The Labute approximate surface area is 181 Å². The van der Waals surface area contributed by atoms with Crippen molar-refractivity contribution in [3.05, 3.63) is 48.4 Å². The summed E-state index contributed by atoms with van der Waals surface area (Å²) in [7, 11) is 0. The van der Waals surface area contributed by atoms with Crippen molar-refractivity contribution in [2.75, 3.05) is 36.5 Å². The number of benzene rings is 1. The maximum atomic E-state index is 12.3. The second-order valence-electron chi connectivity index (χ2n) is 8.01. The highest BCUT2D eigenvalue weighted by molar-refractivity contribution is 5.93. The number of nitrogens with zero attached hydrogens (tertiary/aromatic N) is 2. The molecule has 1 aromatic heterocycles. The summed E-state index contributed by atoms with van der Waals surface area (Å²) in [4.78, 5) is 40.5. The Bertz CT molecular complexity index is 904. The van der Waals surface area contributed by atoms with Crippen molar-refractivity contribution in [3.63, 3.8) is 0 Å². The Kier molecular flexibility index (Phi) is 6.54. The van der Waals surface area contributed by atoms with Crippen LogP contribution in [-0.2, 0) is 25.7 Å². The molecule has 8 nitrogen and oxygen atoms in total. The third-order valence-corrected chi connectivity index (χ3v) is 5.69. The maximum absolute atomic E-state index is 12.3. The molecule has 0 radical (unpaired) electrons. The number of likely N-dealkylation sites (tertiary alicyclic amines) is 1. The van der Waals surface area contributed by atoms with Gasteiger partial charge in [-0.2, -0.15) is 0 Å². The van der Waals surface area contributed by atoms with Gasteiger partial charge in [0.25, 0.3) is 5.91 Å². The van der Waals surface area contributed by atoms with E-state index in [0.29, 0.717) is 18.0 Å². The maximum Gasteiger partial charge on any atom is 0.311 e. The van der Waals surface area contributed by atoms with Crippen molar-refractivity contribution < 1.29 is 23.5 Å². The van der Waals surface area contributed by atoms with Crippen LogP contribution in [0.4, 0.5) is 11.4 Å². The van der Waals surface area contributed by atoms with Gasteiger partial charge in [-0.05, 0) is 55.7 Å². The van der Waals surface area contributed by atoms with Crippen molar-refractivity contribution in [2.45, 2.75) is 32.2 Å². The average Bonchev–Trinajstić information content (AvgIpc) is 3.43. The minimum Gasteiger partial charge on any atom is -0.467 e. The Hall–Kier alpha value is -3.29. The Morgan fingerprint density at radius 3 is 2.58 bits per heavy atom. The first kappa shape index (κ1) is 21.0. The Morgan fingerprint density at radius 2 is 1.87 bits per heavy atom. The molecule has 0 aliphatic carbocycles. The number of furan rings is 1. The van der Waals surface area contributed by atoms with E-state index in [1.54, 1.807) is 23.3 Å². The van der Waals surface area contributed by atoms with Gasteiger partial charge < -0.3 is 24.3 Å². The monoisotopic (exact) mass is 425 g/mol. The Morgan fingerprint density at radius 1 is 1.10 bits per heavy atom. The van der Waals surface area contributed by atoms with Crippen LogP contribution in [0.3, 0.4) is 0 Å². The van der Waals surface area contributed by atoms with E-state index in [1.807, 2.05) is 24.3 Å². The third-order valence-electron chi connectivity index (χ3n) is 5.69. The van der Waals surface area contributed by atoms with E-state index in [0.717, 1.165) is 18.8 Å². The number of piperidine rings is 1. The highest BCUT2D eigenvalue weighted by Crippen LogP contribution is 2.23. The first-order valence-corrected chi connectivity index (χ1v) is 10.7. The van der Waals surface area contributed by atoms with Gasteiger partial charge in [0.15, 0.2) is 6.61 Å². The minimum atomic E-state index is -0.570. The van der Waals surface area contributed by atoms with Gasteiger partial charge in [-0.15, -0.1) is 0 Å². The topological polar surface area (TPSA) is 92.1 Å². The molecule has 2 fully saturated rings. The summed E-state index contributed by atoms with van der Waals surface area (Å²) < 4.78 is 10.4. The second kappa shape index (κ2) is 9.68. The van der Waals surface area contributed by atoms with Crippen LogP contribution in [0.25, 0.3) is 0 Å².